The minimum Gasteiger partial charge on any atom is -0.358 e. The number of hydrogen-bond donors (Lipinski definition) is 2. The molecule has 1 aliphatic heterocycles. The molecule has 1 saturated heterocycles. The van der Waals surface area contributed by atoms with Gasteiger partial charge in [-0.1, -0.05) is 38.5 Å². The predicted octanol–water partition coefficient (Wildman–Crippen LogP) is 2.07. The lowest BCUT2D eigenvalue weighted by Crippen LogP contribution is -2.48. The predicted molar refractivity (Wildman–Crippen MR) is 69.8 cm³/mol. The molecule has 0 bridgehead atoms. The van der Waals surface area contributed by atoms with Gasteiger partial charge in [0, 0.05) is 7.05 Å². The normalized spacial score (nSPS) is 31.8. The number of amides is 1. The fraction of sp³-hybridized carbons (Fsp3) is 0.929. The summed E-state index contributed by atoms with van der Waals surface area (Å²) in [6.45, 7) is 1.01. The monoisotopic (exact) mass is 238 g/mol. The van der Waals surface area contributed by atoms with Gasteiger partial charge in [0.05, 0.1) is 6.04 Å². The van der Waals surface area contributed by atoms with Crippen LogP contribution in [0.15, 0.2) is 0 Å². The molecule has 2 aliphatic rings. The largest absolute Gasteiger partial charge is 0.358 e. The zero-order chi connectivity index (χ0) is 12.1. The molecule has 98 valence electrons. The maximum Gasteiger partial charge on any atom is 0.236 e. The van der Waals surface area contributed by atoms with Gasteiger partial charge >= 0.3 is 0 Å². The van der Waals surface area contributed by atoms with E-state index in [1.54, 1.807) is 7.05 Å². The molecule has 0 aromatic rings. The van der Waals surface area contributed by atoms with Gasteiger partial charge in [0.25, 0.3) is 0 Å². The Labute approximate surface area is 105 Å². The van der Waals surface area contributed by atoms with Crippen LogP contribution in [0.25, 0.3) is 0 Å². The van der Waals surface area contributed by atoms with Crippen molar-refractivity contribution < 1.29 is 4.79 Å². The standard InChI is InChI=1S/C14H26N2O/c1-15-14(17)13-10-12(8-9-16-13)11-6-4-2-3-5-7-11/h11-13,16H,2-10H2,1H3,(H,15,17). The second-order valence-electron chi connectivity index (χ2n) is 5.66. The summed E-state index contributed by atoms with van der Waals surface area (Å²) in [7, 11) is 1.74. The van der Waals surface area contributed by atoms with E-state index in [0.717, 1.165) is 24.8 Å². The highest BCUT2D eigenvalue weighted by atomic mass is 16.2. The van der Waals surface area contributed by atoms with Crippen LogP contribution >= 0.6 is 0 Å². The lowest BCUT2D eigenvalue weighted by atomic mass is 9.78. The molecule has 2 N–H and O–H groups in total. The van der Waals surface area contributed by atoms with Crippen molar-refractivity contribution in [3.05, 3.63) is 0 Å². The Morgan fingerprint density at radius 1 is 1.06 bits per heavy atom. The molecule has 0 aromatic heterocycles. The van der Waals surface area contributed by atoms with Crippen LogP contribution in [-0.4, -0.2) is 25.5 Å². The van der Waals surface area contributed by atoms with Crippen molar-refractivity contribution in [2.45, 2.75) is 57.4 Å². The fourth-order valence-electron chi connectivity index (χ4n) is 3.53. The molecule has 3 heteroatoms. The van der Waals surface area contributed by atoms with Crippen molar-refractivity contribution in [1.29, 1.82) is 0 Å². The minimum atomic E-state index is 0.0574. The average Bonchev–Trinajstić information content (AvgIpc) is 2.67. The molecule has 2 fully saturated rings. The van der Waals surface area contributed by atoms with Crippen LogP contribution in [0.5, 0.6) is 0 Å². The maximum atomic E-state index is 11.7. The highest BCUT2D eigenvalue weighted by molar-refractivity contribution is 5.81. The van der Waals surface area contributed by atoms with E-state index in [0.29, 0.717) is 0 Å². The second-order valence-corrected chi connectivity index (χ2v) is 5.66. The first-order valence-corrected chi connectivity index (χ1v) is 7.26. The third-order valence-corrected chi connectivity index (χ3v) is 4.57. The lowest BCUT2D eigenvalue weighted by molar-refractivity contribution is -0.123. The quantitative estimate of drug-likeness (QED) is 0.723. The van der Waals surface area contributed by atoms with Crippen molar-refractivity contribution in [1.82, 2.24) is 10.6 Å². The van der Waals surface area contributed by atoms with E-state index in [2.05, 4.69) is 10.6 Å². The van der Waals surface area contributed by atoms with Gasteiger partial charge in [0.2, 0.25) is 5.91 Å². The summed E-state index contributed by atoms with van der Waals surface area (Å²) in [6, 6.07) is 0.0574. The van der Waals surface area contributed by atoms with E-state index in [9.17, 15) is 4.79 Å². The van der Waals surface area contributed by atoms with E-state index < -0.39 is 0 Å². The minimum absolute atomic E-state index is 0.0574. The van der Waals surface area contributed by atoms with Crippen LogP contribution in [0.1, 0.15) is 51.4 Å². The summed E-state index contributed by atoms with van der Waals surface area (Å²) in [4.78, 5) is 11.7. The number of nitrogens with one attached hydrogen (secondary N) is 2. The van der Waals surface area contributed by atoms with Crippen molar-refractivity contribution in [3.8, 4) is 0 Å². The summed E-state index contributed by atoms with van der Waals surface area (Å²) >= 11 is 0. The van der Waals surface area contributed by atoms with Gasteiger partial charge in [-0.05, 0) is 31.2 Å². The van der Waals surface area contributed by atoms with Gasteiger partial charge in [0.1, 0.15) is 0 Å². The summed E-state index contributed by atoms with van der Waals surface area (Å²) in [5.41, 5.74) is 0. The molecular weight excluding hydrogens is 212 g/mol. The van der Waals surface area contributed by atoms with Crippen LogP contribution in [0, 0.1) is 11.8 Å². The van der Waals surface area contributed by atoms with Gasteiger partial charge in [-0.15, -0.1) is 0 Å². The zero-order valence-electron chi connectivity index (χ0n) is 11.0. The van der Waals surface area contributed by atoms with Crippen molar-refractivity contribution >= 4 is 5.91 Å². The molecule has 0 aromatic carbocycles. The Morgan fingerprint density at radius 2 is 1.76 bits per heavy atom. The number of piperidine rings is 1. The SMILES string of the molecule is CNC(=O)C1CC(C2CCCCCC2)CCN1. The molecule has 2 unspecified atom stereocenters. The molecule has 2 atom stereocenters. The summed E-state index contributed by atoms with van der Waals surface area (Å²) in [5.74, 6) is 1.83. The lowest BCUT2D eigenvalue weighted by Gasteiger charge is -2.34. The maximum absolute atomic E-state index is 11.7. The zero-order valence-corrected chi connectivity index (χ0v) is 11.0. The number of rotatable bonds is 2. The summed E-state index contributed by atoms with van der Waals surface area (Å²) < 4.78 is 0. The number of carbonyl (C=O) groups excluding carboxylic acids is 1. The van der Waals surface area contributed by atoms with Crippen LogP contribution in [-0.2, 0) is 4.79 Å². The fourth-order valence-corrected chi connectivity index (χ4v) is 3.53. The van der Waals surface area contributed by atoms with E-state index in [4.69, 9.17) is 0 Å². The Bertz CT molecular complexity index is 247. The summed E-state index contributed by atoms with van der Waals surface area (Å²) in [6.07, 6.45) is 10.7. The van der Waals surface area contributed by atoms with Gasteiger partial charge in [-0.3, -0.25) is 4.79 Å². The molecule has 17 heavy (non-hydrogen) atoms. The highest BCUT2D eigenvalue weighted by Gasteiger charge is 2.31. The molecule has 3 nitrogen and oxygen atoms in total. The molecule has 0 radical (unpaired) electrons. The van der Waals surface area contributed by atoms with Crippen LogP contribution < -0.4 is 10.6 Å². The molecule has 2 rings (SSSR count). The van der Waals surface area contributed by atoms with Crippen LogP contribution in [0.2, 0.25) is 0 Å². The first-order chi connectivity index (χ1) is 8.31. The molecule has 1 heterocycles. The molecule has 1 aliphatic carbocycles. The Balaban J connectivity index is 1.89. The number of likely N-dealkylation sites (N-methyl/N-ethyl adjacent to an activating group) is 1. The molecule has 1 amide bonds. The number of hydrogen-bond acceptors (Lipinski definition) is 2. The van der Waals surface area contributed by atoms with Crippen LogP contribution in [0.4, 0.5) is 0 Å². The van der Waals surface area contributed by atoms with Gasteiger partial charge < -0.3 is 10.6 Å². The van der Waals surface area contributed by atoms with Gasteiger partial charge in [0.15, 0.2) is 0 Å². The Hall–Kier alpha value is -0.570. The van der Waals surface area contributed by atoms with E-state index in [-0.39, 0.29) is 11.9 Å². The smallest absolute Gasteiger partial charge is 0.236 e. The van der Waals surface area contributed by atoms with E-state index >= 15 is 0 Å². The van der Waals surface area contributed by atoms with Gasteiger partial charge in [-0.2, -0.15) is 0 Å². The third kappa shape index (κ3) is 3.44. The van der Waals surface area contributed by atoms with Crippen LogP contribution in [0.3, 0.4) is 0 Å². The van der Waals surface area contributed by atoms with Crippen molar-refractivity contribution in [2.75, 3.05) is 13.6 Å². The number of carbonyl (C=O) groups is 1. The Kier molecular flexibility index (Phi) is 4.84. The summed E-state index contributed by atoms with van der Waals surface area (Å²) in [5, 5.41) is 6.11. The third-order valence-electron chi connectivity index (χ3n) is 4.57. The molecule has 0 spiro atoms. The molecule has 1 saturated carbocycles. The Morgan fingerprint density at radius 3 is 2.41 bits per heavy atom. The van der Waals surface area contributed by atoms with E-state index in [1.807, 2.05) is 0 Å². The van der Waals surface area contributed by atoms with E-state index in [1.165, 1.54) is 44.9 Å². The van der Waals surface area contributed by atoms with Gasteiger partial charge in [-0.25, -0.2) is 0 Å². The van der Waals surface area contributed by atoms with Crippen molar-refractivity contribution in [2.24, 2.45) is 11.8 Å². The first-order valence-electron chi connectivity index (χ1n) is 7.26. The first kappa shape index (κ1) is 12.9. The highest BCUT2D eigenvalue weighted by Crippen LogP contribution is 2.34. The average molecular weight is 238 g/mol. The molecular formula is C14H26N2O. The topological polar surface area (TPSA) is 41.1 Å². The second kappa shape index (κ2) is 6.39. The van der Waals surface area contributed by atoms with Crippen molar-refractivity contribution in [3.63, 3.8) is 0 Å².